The molecule has 21 heavy (non-hydrogen) atoms. The fourth-order valence-electron chi connectivity index (χ4n) is 2.32. The molecule has 114 valence electrons. The molecule has 1 aliphatic rings. The number of halogens is 1. The van der Waals surface area contributed by atoms with Crippen molar-refractivity contribution in [3.63, 3.8) is 0 Å². The zero-order chi connectivity index (χ0) is 15.4. The molecular weight excluding hydrogens is 340 g/mol. The van der Waals surface area contributed by atoms with E-state index in [0.29, 0.717) is 17.6 Å². The van der Waals surface area contributed by atoms with Crippen LogP contribution in [0.25, 0.3) is 0 Å². The van der Waals surface area contributed by atoms with Crippen molar-refractivity contribution in [3.8, 4) is 0 Å². The zero-order valence-corrected chi connectivity index (χ0v) is 13.2. The topological polar surface area (TPSA) is 78.9 Å². The van der Waals surface area contributed by atoms with E-state index in [4.69, 9.17) is 9.84 Å². The minimum absolute atomic E-state index is 0.0333. The molecule has 0 aliphatic carbocycles. The average molecular weight is 357 g/mol. The average Bonchev–Trinajstić information content (AvgIpc) is 2.47. The highest BCUT2D eigenvalue weighted by molar-refractivity contribution is 9.10. The SMILES string of the molecule is COC1CCCN(C(=O)Nc2cc(Br)ccc2C(=O)O)C1. The highest BCUT2D eigenvalue weighted by Crippen LogP contribution is 2.22. The quantitative estimate of drug-likeness (QED) is 0.872. The number of anilines is 1. The van der Waals surface area contributed by atoms with Crippen LogP contribution in [0.4, 0.5) is 10.5 Å². The first-order valence-corrected chi connectivity index (χ1v) is 7.42. The molecule has 1 aromatic carbocycles. The number of nitrogens with zero attached hydrogens (tertiary/aromatic N) is 1. The largest absolute Gasteiger partial charge is 0.478 e. The molecule has 0 aromatic heterocycles. The molecule has 0 radical (unpaired) electrons. The van der Waals surface area contributed by atoms with Gasteiger partial charge in [0.05, 0.1) is 17.4 Å². The van der Waals surface area contributed by atoms with Gasteiger partial charge in [-0.3, -0.25) is 0 Å². The maximum absolute atomic E-state index is 12.3. The number of rotatable bonds is 3. The molecular formula is C14H17BrN2O4. The zero-order valence-electron chi connectivity index (χ0n) is 11.6. The highest BCUT2D eigenvalue weighted by atomic mass is 79.9. The van der Waals surface area contributed by atoms with E-state index in [-0.39, 0.29) is 23.4 Å². The Labute approximate surface area is 131 Å². The van der Waals surface area contributed by atoms with Crippen molar-refractivity contribution in [1.82, 2.24) is 4.90 Å². The second kappa shape index (κ2) is 6.91. The first kappa shape index (κ1) is 15.8. The summed E-state index contributed by atoms with van der Waals surface area (Å²) < 4.78 is 5.98. The maximum Gasteiger partial charge on any atom is 0.337 e. The maximum atomic E-state index is 12.3. The van der Waals surface area contributed by atoms with E-state index in [0.717, 1.165) is 12.8 Å². The third-order valence-corrected chi connectivity index (χ3v) is 3.95. The molecule has 1 heterocycles. The molecule has 1 saturated heterocycles. The van der Waals surface area contributed by atoms with Gasteiger partial charge >= 0.3 is 12.0 Å². The lowest BCUT2D eigenvalue weighted by molar-refractivity contribution is 0.0458. The molecule has 2 amide bonds. The Morgan fingerprint density at radius 3 is 2.90 bits per heavy atom. The van der Waals surface area contributed by atoms with Crippen LogP contribution < -0.4 is 5.32 Å². The van der Waals surface area contributed by atoms with Crippen molar-refractivity contribution in [2.24, 2.45) is 0 Å². The Bertz CT molecular complexity index is 550. The van der Waals surface area contributed by atoms with Crippen molar-refractivity contribution in [2.75, 3.05) is 25.5 Å². The Balaban J connectivity index is 2.12. The fourth-order valence-corrected chi connectivity index (χ4v) is 2.68. The minimum Gasteiger partial charge on any atom is -0.478 e. The number of ether oxygens (including phenoxy) is 1. The van der Waals surface area contributed by atoms with Crippen molar-refractivity contribution in [2.45, 2.75) is 18.9 Å². The van der Waals surface area contributed by atoms with E-state index >= 15 is 0 Å². The number of piperidine rings is 1. The van der Waals surface area contributed by atoms with Crippen LogP contribution in [-0.2, 0) is 4.74 Å². The summed E-state index contributed by atoms with van der Waals surface area (Å²) in [6.07, 6.45) is 1.83. The number of carboxylic acids is 1. The van der Waals surface area contributed by atoms with Gasteiger partial charge in [0.25, 0.3) is 0 Å². The van der Waals surface area contributed by atoms with E-state index in [1.54, 1.807) is 24.1 Å². The van der Waals surface area contributed by atoms with Crippen LogP contribution in [0.2, 0.25) is 0 Å². The van der Waals surface area contributed by atoms with Gasteiger partial charge in [0.2, 0.25) is 0 Å². The van der Waals surface area contributed by atoms with Crippen LogP contribution in [0.15, 0.2) is 22.7 Å². The number of hydrogen-bond acceptors (Lipinski definition) is 3. The monoisotopic (exact) mass is 356 g/mol. The van der Waals surface area contributed by atoms with E-state index in [1.165, 1.54) is 6.07 Å². The third-order valence-electron chi connectivity index (χ3n) is 3.45. The number of carbonyl (C=O) groups excluding carboxylic acids is 1. The lowest BCUT2D eigenvalue weighted by Gasteiger charge is -2.32. The number of amides is 2. The van der Waals surface area contributed by atoms with Gasteiger partial charge in [-0.15, -0.1) is 0 Å². The first-order chi connectivity index (χ1) is 10.0. The van der Waals surface area contributed by atoms with Crippen molar-refractivity contribution < 1.29 is 19.4 Å². The molecule has 2 N–H and O–H groups in total. The summed E-state index contributed by atoms with van der Waals surface area (Å²) in [6.45, 7) is 1.15. The molecule has 1 atom stereocenters. The summed E-state index contributed by atoms with van der Waals surface area (Å²) in [4.78, 5) is 25.1. The number of nitrogens with one attached hydrogen (secondary N) is 1. The summed E-state index contributed by atoms with van der Waals surface area (Å²) >= 11 is 3.27. The molecule has 0 saturated carbocycles. The second-order valence-electron chi connectivity index (χ2n) is 4.87. The van der Waals surface area contributed by atoms with Crippen molar-refractivity contribution >= 4 is 33.6 Å². The van der Waals surface area contributed by atoms with Gasteiger partial charge in [-0.25, -0.2) is 9.59 Å². The van der Waals surface area contributed by atoms with Crippen LogP contribution in [-0.4, -0.2) is 48.3 Å². The van der Waals surface area contributed by atoms with Crippen LogP contribution in [0, 0.1) is 0 Å². The molecule has 1 fully saturated rings. The molecule has 1 aliphatic heterocycles. The Morgan fingerprint density at radius 2 is 2.24 bits per heavy atom. The number of benzene rings is 1. The molecule has 0 bridgehead atoms. The van der Waals surface area contributed by atoms with Gasteiger partial charge in [-0.05, 0) is 31.0 Å². The van der Waals surface area contributed by atoms with E-state index in [9.17, 15) is 9.59 Å². The first-order valence-electron chi connectivity index (χ1n) is 6.63. The summed E-state index contributed by atoms with van der Waals surface area (Å²) in [5.41, 5.74) is 0.341. The van der Waals surface area contributed by atoms with Crippen molar-refractivity contribution in [1.29, 1.82) is 0 Å². The minimum atomic E-state index is -1.08. The molecule has 7 heteroatoms. The normalized spacial score (nSPS) is 18.4. The Morgan fingerprint density at radius 1 is 1.48 bits per heavy atom. The Kier molecular flexibility index (Phi) is 5.19. The number of carboxylic acid groups (broad SMARTS) is 1. The number of hydrogen-bond donors (Lipinski definition) is 2. The fraction of sp³-hybridized carbons (Fsp3) is 0.429. The van der Waals surface area contributed by atoms with Crippen LogP contribution >= 0.6 is 15.9 Å². The summed E-state index contributed by atoms with van der Waals surface area (Å²) in [5, 5.41) is 11.8. The van der Waals surface area contributed by atoms with Gasteiger partial charge < -0.3 is 20.1 Å². The number of likely N-dealkylation sites (tertiary alicyclic amines) is 1. The van der Waals surface area contributed by atoms with Gasteiger partial charge in [-0.1, -0.05) is 15.9 Å². The van der Waals surface area contributed by atoms with E-state index in [2.05, 4.69) is 21.2 Å². The van der Waals surface area contributed by atoms with Gasteiger partial charge in [0.15, 0.2) is 0 Å². The second-order valence-corrected chi connectivity index (χ2v) is 5.79. The highest BCUT2D eigenvalue weighted by Gasteiger charge is 2.24. The van der Waals surface area contributed by atoms with Gasteiger partial charge in [-0.2, -0.15) is 0 Å². The van der Waals surface area contributed by atoms with E-state index < -0.39 is 5.97 Å². The van der Waals surface area contributed by atoms with Crippen LogP contribution in [0.3, 0.4) is 0 Å². The molecule has 2 rings (SSSR count). The molecule has 1 unspecified atom stereocenters. The summed E-state index contributed by atoms with van der Waals surface area (Å²) in [7, 11) is 1.63. The predicted octanol–water partition coefficient (Wildman–Crippen LogP) is 2.79. The molecule has 0 spiro atoms. The lowest BCUT2D eigenvalue weighted by Crippen LogP contribution is -2.45. The Hall–Kier alpha value is -1.60. The smallest absolute Gasteiger partial charge is 0.337 e. The van der Waals surface area contributed by atoms with Gasteiger partial charge in [0.1, 0.15) is 0 Å². The summed E-state index contributed by atoms with van der Waals surface area (Å²) in [5.74, 6) is -1.08. The molecule has 1 aromatic rings. The van der Waals surface area contributed by atoms with Crippen LogP contribution in [0.5, 0.6) is 0 Å². The molecule has 6 nitrogen and oxygen atoms in total. The summed E-state index contributed by atoms with van der Waals surface area (Å²) in [6, 6.07) is 4.35. The standard InChI is InChI=1S/C14H17BrN2O4/c1-21-10-3-2-6-17(8-10)14(20)16-12-7-9(15)4-5-11(12)13(18)19/h4-5,7,10H,2-3,6,8H2,1H3,(H,16,20)(H,18,19). The third kappa shape index (κ3) is 3.95. The number of methoxy groups -OCH3 is 1. The number of carbonyl (C=O) groups is 2. The van der Waals surface area contributed by atoms with Crippen molar-refractivity contribution in [3.05, 3.63) is 28.2 Å². The number of aromatic carboxylic acids is 1. The van der Waals surface area contributed by atoms with E-state index in [1.807, 2.05) is 0 Å². The number of urea groups is 1. The van der Waals surface area contributed by atoms with Gasteiger partial charge in [0, 0.05) is 24.7 Å². The lowest BCUT2D eigenvalue weighted by atomic mass is 10.1. The predicted molar refractivity (Wildman–Crippen MR) is 81.7 cm³/mol. The van der Waals surface area contributed by atoms with Crippen LogP contribution in [0.1, 0.15) is 23.2 Å².